The van der Waals surface area contributed by atoms with Crippen LogP contribution in [0.3, 0.4) is 0 Å². The highest BCUT2D eigenvalue weighted by molar-refractivity contribution is 5.75. The maximum absolute atomic E-state index is 4.12. The third-order valence-corrected chi connectivity index (χ3v) is 4.49. The lowest BCUT2D eigenvalue weighted by Crippen LogP contribution is -2.03. The van der Waals surface area contributed by atoms with Crippen molar-refractivity contribution in [3.63, 3.8) is 0 Å². The summed E-state index contributed by atoms with van der Waals surface area (Å²) >= 11 is 0. The van der Waals surface area contributed by atoms with Gasteiger partial charge in [-0.15, -0.1) is 6.58 Å². The Morgan fingerprint density at radius 2 is 1.46 bits per heavy atom. The van der Waals surface area contributed by atoms with Gasteiger partial charge in [0, 0.05) is 28.9 Å². The summed E-state index contributed by atoms with van der Waals surface area (Å²) in [6, 6.07) is 29.7. The third kappa shape index (κ3) is 2.44. The number of nitrogens with zero attached hydrogens (tertiary/aromatic N) is 1. The predicted octanol–water partition coefficient (Wildman–Crippen LogP) is 5.92. The summed E-state index contributed by atoms with van der Waals surface area (Å²) in [4.78, 5) is 0. The third-order valence-electron chi connectivity index (χ3n) is 4.49. The minimum Gasteiger partial charge on any atom is -0.319 e. The Morgan fingerprint density at radius 1 is 0.792 bits per heavy atom. The van der Waals surface area contributed by atoms with E-state index < -0.39 is 0 Å². The molecule has 116 valence electrons. The highest BCUT2D eigenvalue weighted by atomic mass is 14.9. The molecule has 0 amide bonds. The summed E-state index contributed by atoms with van der Waals surface area (Å²) < 4.78 is 2.28. The number of hydrogen-bond acceptors (Lipinski definition) is 0. The molecule has 0 unspecified atom stereocenters. The molecule has 0 radical (unpaired) electrons. The molecule has 0 N–H and O–H groups in total. The standard InChI is InChI=1S/C23H19N/c1-2-21(18-11-5-3-6-12-18)23-22(19-13-7-4-8-14-19)17-20-15-9-10-16-24(20)23/h2-17,21H,1H2/t21-/m0/s1. The zero-order valence-electron chi connectivity index (χ0n) is 13.5. The van der Waals surface area contributed by atoms with Crippen molar-refractivity contribution in [2.75, 3.05) is 0 Å². The smallest absolute Gasteiger partial charge is 0.0459 e. The highest BCUT2D eigenvalue weighted by Crippen LogP contribution is 2.36. The molecule has 2 heterocycles. The van der Waals surface area contributed by atoms with Crippen LogP contribution in [0.4, 0.5) is 0 Å². The minimum atomic E-state index is 0.145. The van der Waals surface area contributed by atoms with E-state index in [4.69, 9.17) is 0 Å². The first-order valence-electron chi connectivity index (χ1n) is 8.21. The van der Waals surface area contributed by atoms with Gasteiger partial charge in [-0.1, -0.05) is 72.8 Å². The fourth-order valence-corrected chi connectivity index (χ4v) is 3.38. The van der Waals surface area contributed by atoms with Crippen molar-refractivity contribution in [3.8, 4) is 11.1 Å². The molecule has 4 rings (SSSR count). The minimum absolute atomic E-state index is 0.145. The molecule has 1 heteroatoms. The van der Waals surface area contributed by atoms with Crippen LogP contribution in [0.1, 0.15) is 17.2 Å². The van der Waals surface area contributed by atoms with Gasteiger partial charge in [0.1, 0.15) is 0 Å². The number of aromatic nitrogens is 1. The Morgan fingerprint density at radius 3 is 2.17 bits per heavy atom. The monoisotopic (exact) mass is 309 g/mol. The van der Waals surface area contributed by atoms with Crippen LogP contribution in [0.2, 0.25) is 0 Å². The van der Waals surface area contributed by atoms with Gasteiger partial charge in [0.25, 0.3) is 0 Å². The second-order valence-electron chi connectivity index (χ2n) is 5.93. The second kappa shape index (κ2) is 6.21. The van der Waals surface area contributed by atoms with Gasteiger partial charge in [0.2, 0.25) is 0 Å². The second-order valence-corrected chi connectivity index (χ2v) is 5.93. The molecule has 0 bridgehead atoms. The maximum atomic E-state index is 4.12. The van der Waals surface area contributed by atoms with Crippen molar-refractivity contribution in [1.29, 1.82) is 0 Å². The molecule has 0 spiro atoms. The van der Waals surface area contributed by atoms with Gasteiger partial charge >= 0.3 is 0 Å². The number of fused-ring (bicyclic) bond motifs is 1. The Kier molecular flexibility index (Phi) is 3.76. The zero-order valence-corrected chi connectivity index (χ0v) is 13.5. The van der Waals surface area contributed by atoms with Crippen LogP contribution in [0, 0.1) is 0 Å². The molecule has 1 nitrogen and oxygen atoms in total. The first-order valence-corrected chi connectivity index (χ1v) is 8.21. The Bertz CT molecular complexity index is 965. The van der Waals surface area contributed by atoms with Crippen molar-refractivity contribution < 1.29 is 0 Å². The molecule has 2 aromatic carbocycles. The molecule has 0 aliphatic rings. The number of allylic oxidation sites excluding steroid dienone is 1. The van der Waals surface area contributed by atoms with E-state index in [2.05, 4.69) is 102 Å². The summed E-state index contributed by atoms with van der Waals surface area (Å²) in [5.74, 6) is 0.145. The summed E-state index contributed by atoms with van der Waals surface area (Å²) in [5.41, 5.74) is 6.22. The van der Waals surface area contributed by atoms with Crippen molar-refractivity contribution >= 4 is 5.52 Å². The van der Waals surface area contributed by atoms with E-state index in [1.165, 1.54) is 27.9 Å². The lowest BCUT2D eigenvalue weighted by atomic mass is 9.91. The Labute approximate surface area is 142 Å². The number of benzene rings is 2. The van der Waals surface area contributed by atoms with Crippen molar-refractivity contribution in [1.82, 2.24) is 4.40 Å². The van der Waals surface area contributed by atoms with Crippen LogP contribution in [0.5, 0.6) is 0 Å². The molecular weight excluding hydrogens is 290 g/mol. The Balaban J connectivity index is 2.01. The van der Waals surface area contributed by atoms with E-state index >= 15 is 0 Å². The highest BCUT2D eigenvalue weighted by Gasteiger charge is 2.20. The average molecular weight is 309 g/mol. The molecule has 4 aromatic rings. The lowest BCUT2D eigenvalue weighted by Gasteiger charge is -2.16. The molecule has 0 saturated heterocycles. The van der Waals surface area contributed by atoms with Crippen LogP contribution in [0.25, 0.3) is 16.6 Å². The van der Waals surface area contributed by atoms with Crippen LogP contribution < -0.4 is 0 Å². The van der Waals surface area contributed by atoms with Crippen molar-refractivity contribution in [2.24, 2.45) is 0 Å². The van der Waals surface area contributed by atoms with E-state index in [1.54, 1.807) is 0 Å². The van der Waals surface area contributed by atoms with Crippen LogP contribution in [-0.4, -0.2) is 4.40 Å². The summed E-state index contributed by atoms with van der Waals surface area (Å²) in [7, 11) is 0. The van der Waals surface area contributed by atoms with Crippen LogP contribution in [0.15, 0.2) is 104 Å². The van der Waals surface area contributed by atoms with Gasteiger partial charge < -0.3 is 4.40 Å². The molecule has 0 aliphatic heterocycles. The van der Waals surface area contributed by atoms with E-state index in [0.717, 1.165) is 0 Å². The van der Waals surface area contributed by atoms with Gasteiger partial charge in [-0.25, -0.2) is 0 Å². The predicted molar refractivity (Wildman–Crippen MR) is 101 cm³/mol. The van der Waals surface area contributed by atoms with E-state index in [1.807, 2.05) is 6.08 Å². The largest absolute Gasteiger partial charge is 0.319 e. The SMILES string of the molecule is C=C[C@@H](c1ccccc1)c1c(-c2ccccc2)cc2ccccn12. The molecule has 0 fully saturated rings. The van der Waals surface area contributed by atoms with Crippen LogP contribution >= 0.6 is 0 Å². The van der Waals surface area contributed by atoms with E-state index in [0.29, 0.717) is 0 Å². The molecule has 2 aromatic heterocycles. The quantitative estimate of drug-likeness (QED) is 0.412. The Hall–Kier alpha value is -3.06. The van der Waals surface area contributed by atoms with Gasteiger partial charge in [-0.2, -0.15) is 0 Å². The zero-order chi connectivity index (χ0) is 16.4. The van der Waals surface area contributed by atoms with E-state index in [-0.39, 0.29) is 5.92 Å². The van der Waals surface area contributed by atoms with Crippen molar-refractivity contribution in [3.05, 3.63) is 115 Å². The molecule has 1 atom stereocenters. The molecule has 24 heavy (non-hydrogen) atoms. The first kappa shape index (κ1) is 14.5. The molecule has 0 aliphatic carbocycles. The lowest BCUT2D eigenvalue weighted by molar-refractivity contribution is 0.933. The fourth-order valence-electron chi connectivity index (χ4n) is 3.38. The summed E-state index contributed by atoms with van der Waals surface area (Å²) in [6.45, 7) is 4.12. The number of rotatable bonds is 4. The van der Waals surface area contributed by atoms with E-state index in [9.17, 15) is 0 Å². The fraction of sp³-hybridized carbons (Fsp3) is 0.0435. The van der Waals surface area contributed by atoms with Gasteiger partial charge in [-0.05, 0) is 29.3 Å². The maximum Gasteiger partial charge on any atom is 0.0459 e. The average Bonchev–Trinajstić information content (AvgIpc) is 3.04. The van der Waals surface area contributed by atoms with Gasteiger partial charge in [-0.3, -0.25) is 0 Å². The number of pyridine rings is 1. The molecular formula is C23H19N. The summed E-state index contributed by atoms with van der Waals surface area (Å²) in [6.07, 6.45) is 4.17. The number of hydrogen-bond donors (Lipinski definition) is 0. The first-order chi connectivity index (χ1) is 11.9. The van der Waals surface area contributed by atoms with Gasteiger partial charge in [0.05, 0.1) is 0 Å². The van der Waals surface area contributed by atoms with Gasteiger partial charge in [0.15, 0.2) is 0 Å². The topological polar surface area (TPSA) is 4.41 Å². The normalized spacial score (nSPS) is 12.2. The van der Waals surface area contributed by atoms with Crippen LogP contribution in [-0.2, 0) is 0 Å². The molecule has 0 saturated carbocycles. The summed E-state index contributed by atoms with van der Waals surface area (Å²) in [5, 5.41) is 0. The van der Waals surface area contributed by atoms with Crippen molar-refractivity contribution in [2.45, 2.75) is 5.92 Å².